The Bertz CT molecular complexity index is 1120. The van der Waals surface area contributed by atoms with Crippen molar-refractivity contribution in [2.24, 2.45) is 10.8 Å². The third-order valence-corrected chi connectivity index (χ3v) is 8.38. The molecule has 2 aliphatic carbocycles. The maximum Gasteiger partial charge on any atom is -0.0104 e. The Morgan fingerprint density at radius 1 is 0.512 bits per heavy atom. The van der Waals surface area contributed by atoms with Crippen LogP contribution < -0.4 is 0 Å². The van der Waals surface area contributed by atoms with Crippen LogP contribution in [0.4, 0.5) is 0 Å². The summed E-state index contributed by atoms with van der Waals surface area (Å²) in [6, 6.07) is 0. The Morgan fingerprint density at radius 2 is 0.829 bits per heavy atom. The zero-order chi connectivity index (χ0) is 29.8. The van der Waals surface area contributed by atoms with Gasteiger partial charge in [0.05, 0.1) is 0 Å². The minimum absolute atomic E-state index is 0. The lowest BCUT2D eigenvalue weighted by Gasteiger charge is -2.33. The van der Waals surface area contributed by atoms with Gasteiger partial charge >= 0.3 is 0 Å². The van der Waals surface area contributed by atoms with Crippen molar-refractivity contribution in [1.82, 2.24) is 0 Å². The van der Waals surface area contributed by atoms with Crippen molar-refractivity contribution in [2.75, 3.05) is 0 Å². The van der Waals surface area contributed by atoms with Crippen molar-refractivity contribution in [3.63, 3.8) is 0 Å². The molecule has 0 spiro atoms. The van der Waals surface area contributed by atoms with Gasteiger partial charge in [-0.2, -0.15) is 0 Å². The van der Waals surface area contributed by atoms with E-state index in [2.05, 4.69) is 154 Å². The Morgan fingerprint density at radius 3 is 1.17 bits per heavy atom. The lowest BCUT2D eigenvalue weighted by molar-refractivity contribution is 0.376. The normalized spacial score (nSPS) is 21.4. The summed E-state index contributed by atoms with van der Waals surface area (Å²) in [6.45, 7) is 22.7. The monoisotopic (exact) mass is 572 g/mol. The standard InChI is InChI=1S/C40H56.ClH/c1-31(19-13-21-33(3)25-27-37-35(5)23-15-29-39(37,7)8)17-11-12-18-32(2)20-14-22-34(4)26-28-38-36(6)24-16-30-40(38,9)10;/h11-14,17-22,25-28H,15-16,23-24,29-30H2,1-10H3;1H/b12-11+,19-13+,20-14+,27-25+,28-26+,31-17+,32-18+,33-21+,34-22+;. The van der Waals surface area contributed by atoms with Crippen LogP contribution in [0.15, 0.2) is 130 Å². The summed E-state index contributed by atoms with van der Waals surface area (Å²) in [6.07, 6.45) is 38.4. The summed E-state index contributed by atoms with van der Waals surface area (Å²) >= 11 is 0. The molecular weight excluding hydrogens is 516 g/mol. The summed E-state index contributed by atoms with van der Waals surface area (Å²) in [5, 5.41) is 0. The second-order valence-electron chi connectivity index (χ2n) is 13.3. The highest BCUT2D eigenvalue weighted by Crippen LogP contribution is 2.41. The molecule has 0 bridgehead atoms. The van der Waals surface area contributed by atoms with Gasteiger partial charge in [-0.25, -0.2) is 0 Å². The van der Waals surface area contributed by atoms with Crippen LogP contribution in [0.25, 0.3) is 0 Å². The highest BCUT2D eigenvalue weighted by Gasteiger charge is 2.27. The lowest BCUT2D eigenvalue weighted by Crippen LogP contribution is -2.19. The Kier molecular flexibility index (Phi) is 15.5. The van der Waals surface area contributed by atoms with Crippen molar-refractivity contribution in [3.8, 4) is 0 Å². The average molecular weight is 573 g/mol. The number of allylic oxidation sites excluding steroid dienone is 22. The number of hydrogen-bond donors (Lipinski definition) is 0. The zero-order valence-electron chi connectivity index (χ0n) is 27.7. The van der Waals surface area contributed by atoms with Crippen LogP contribution >= 0.6 is 12.4 Å². The molecule has 2 rings (SSSR count). The molecule has 1 heteroatoms. The van der Waals surface area contributed by atoms with Crippen LogP contribution in [-0.4, -0.2) is 0 Å². The van der Waals surface area contributed by atoms with E-state index in [0.29, 0.717) is 10.8 Å². The SMILES string of the molecule is CC1=C(/C=C/C(C)=C/C=C/C(C)=C/C=C/C=C(C)/C=C/C=C(C)/C=C/C2=C(C)CCCC2(C)C)C(C)(C)CCC1.Cl. The smallest absolute Gasteiger partial charge is 0.0104 e. The van der Waals surface area contributed by atoms with E-state index >= 15 is 0 Å². The summed E-state index contributed by atoms with van der Waals surface area (Å²) in [5.74, 6) is 0. The topological polar surface area (TPSA) is 0 Å². The minimum Gasteiger partial charge on any atom is -0.147 e. The average Bonchev–Trinajstić information content (AvgIpc) is 2.85. The fourth-order valence-electron chi connectivity index (χ4n) is 5.79. The van der Waals surface area contributed by atoms with E-state index in [1.165, 1.54) is 72.0 Å². The van der Waals surface area contributed by atoms with Crippen LogP contribution in [0, 0.1) is 10.8 Å². The molecule has 0 saturated carbocycles. The largest absolute Gasteiger partial charge is 0.147 e. The Hall–Kier alpha value is -2.57. The van der Waals surface area contributed by atoms with Crippen LogP contribution in [0.2, 0.25) is 0 Å². The lowest BCUT2D eigenvalue weighted by atomic mass is 9.72. The van der Waals surface area contributed by atoms with Crippen LogP contribution in [-0.2, 0) is 0 Å². The molecule has 0 fully saturated rings. The number of hydrogen-bond acceptors (Lipinski definition) is 0. The van der Waals surface area contributed by atoms with Gasteiger partial charge in [-0.05, 0) is 102 Å². The van der Waals surface area contributed by atoms with E-state index in [4.69, 9.17) is 0 Å². The predicted octanol–water partition coefficient (Wildman–Crippen LogP) is 13.0. The van der Waals surface area contributed by atoms with Crippen LogP contribution in [0.3, 0.4) is 0 Å². The molecule has 0 N–H and O–H groups in total. The van der Waals surface area contributed by atoms with Gasteiger partial charge in [0.1, 0.15) is 0 Å². The summed E-state index contributed by atoms with van der Waals surface area (Å²) in [5.41, 5.74) is 11.7. The Labute approximate surface area is 260 Å². The van der Waals surface area contributed by atoms with Crippen molar-refractivity contribution < 1.29 is 0 Å². The van der Waals surface area contributed by atoms with Gasteiger partial charge in [-0.15, -0.1) is 12.4 Å². The third-order valence-electron chi connectivity index (χ3n) is 8.38. The van der Waals surface area contributed by atoms with Gasteiger partial charge in [0.15, 0.2) is 0 Å². The van der Waals surface area contributed by atoms with Crippen LogP contribution in [0.1, 0.15) is 108 Å². The molecule has 41 heavy (non-hydrogen) atoms. The van der Waals surface area contributed by atoms with E-state index in [1.54, 1.807) is 11.1 Å². The molecule has 0 aromatic rings. The first-order chi connectivity index (χ1) is 18.8. The quantitative estimate of drug-likeness (QED) is 0.228. The highest BCUT2D eigenvalue weighted by molar-refractivity contribution is 5.85. The summed E-state index contributed by atoms with van der Waals surface area (Å²) < 4.78 is 0. The van der Waals surface area contributed by atoms with E-state index in [0.717, 1.165) is 0 Å². The van der Waals surface area contributed by atoms with E-state index in [1.807, 2.05) is 0 Å². The number of halogens is 1. The first-order valence-corrected chi connectivity index (χ1v) is 15.3. The maximum absolute atomic E-state index is 2.37. The third kappa shape index (κ3) is 12.9. The molecule has 0 aliphatic heterocycles. The molecule has 0 aromatic heterocycles. The second-order valence-corrected chi connectivity index (χ2v) is 13.3. The molecule has 0 atom stereocenters. The van der Waals surface area contributed by atoms with Crippen molar-refractivity contribution in [1.29, 1.82) is 0 Å². The van der Waals surface area contributed by atoms with E-state index in [9.17, 15) is 0 Å². The van der Waals surface area contributed by atoms with Gasteiger partial charge in [-0.3, -0.25) is 0 Å². The molecule has 0 radical (unpaired) electrons. The number of rotatable bonds is 10. The van der Waals surface area contributed by atoms with Gasteiger partial charge < -0.3 is 0 Å². The fraction of sp³-hybridized carbons (Fsp3) is 0.450. The first-order valence-electron chi connectivity index (χ1n) is 15.3. The van der Waals surface area contributed by atoms with E-state index in [-0.39, 0.29) is 12.4 Å². The molecular formula is C40H57Cl. The molecule has 0 amide bonds. The second kappa shape index (κ2) is 17.4. The van der Waals surface area contributed by atoms with Crippen molar-refractivity contribution >= 4 is 12.4 Å². The molecule has 0 aromatic carbocycles. The van der Waals surface area contributed by atoms with Gasteiger partial charge in [-0.1, -0.05) is 146 Å². The Balaban J connectivity index is 0.00000840. The molecule has 0 heterocycles. The van der Waals surface area contributed by atoms with E-state index < -0.39 is 0 Å². The molecule has 0 unspecified atom stereocenters. The highest BCUT2D eigenvalue weighted by atomic mass is 35.5. The molecule has 224 valence electrons. The van der Waals surface area contributed by atoms with Crippen molar-refractivity contribution in [3.05, 3.63) is 130 Å². The zero-order valence-corrected chi connectivity index (χ0v) is 28.6. The fourth-order valence-corrected chi connectivity index (χ4v) is 5.79. The predicted molar refractivity (Wildman–Crippen MR) is 189 cm³/mol. The van der Waals surface area contributed by atoms with Gasteiger partial charge in [0.2, 0.25) is 0 Å². The van der Waals surface area contributed by atoms with Gasteiger partial charge in [0, 0.05) is 0 Å². The minimum atomic E-state index is 0. The summed E-state index contributed by atoms with van der Waals surface area (Å²) in [7, 11) is 0. The maximum atomic E-state index is 2.37. The van der Waals surface area contributed by atoms with Crippen LogP contribution in [0.5, 0.6) is 0 Å². The molecule has 0 saturated heterocycles. The molecule has 2 aliphatic rings. The first kappa shape index (κ1) is 36.5. The molecule has 0 nitrogen and oxygen atoms in total. The summed E-state index contributed by atoms with van der Waals surface area (Å²) in [4.78, 5) is 0. The van der Waals surface area contributed by atoms with Gasteiger partial charge in [0.25, 0.3) is 0 Å². The van der Waals surface area contributed by atoms with Crippen molar-refractivity contribution in [2.45, 2.75) is 108 Å².